The van der Waals surface area contributed by atoms with Gasteiger partial charge in [0.15, 0.2) is 0 Å². The van der Waals surface area contributed by atoms with Crippen LogP contribution in [0, 0.1) is 13.8 Å². The molecule has 3 heterocycles. The standard InChI is InChI=1S/C38H57N7O/c1-27-16-13-14-22-31(27)45-33(44(30-20-11-7-4-8-12-21-30)32-23-15-17-28(2)34(32)38(45)46)24-42-25-40-35-36(39)41-26-43(37(35)42)29-18-9-5-3-6-10-19-29/h13-17,22-23,29-30,33,35-37,40-41H,3-12,18-21,24-26,39H2,1-2H3. The number of nitrogens with one attached hydrogen (secondary N) is 2. The first-order valence-corrected chi connectivity index (χ1v) is 18.5. The highest BCUT2D eigenvalue weighted by atomic mass is 16.2. The third-order valence-corrected chi connectivity index (χ3v) is 11.8. The molecule has 4 atom stereocenters. The van der Waals surface area contributed by atoms with E-state index in [1.54, 1.807) is 0 Å². The summed E-state index contributed by atoms with van der Waals surface area (Å²) in [4.78, 5) is 25.1. The second-order valence-electron chi connectivity index (χ2n) is 14.8. The van der Waals surface area contributed by atoms with Crippen molar-refractivity contribution in [3.8, 4) is 0 Å². The number of amides is 1. The minimum absolute atomic E-state index is 0.0923. The van der Waals surface area contributed by atoms with Crippen LogP contribution < -0.4 is 26.2 Å². The normalized spacial score (nSPS) is 29.5. The van der Waals surface area contributed by atoms with Crippen molar-refractivity contribution in [1.29, 1.82) is 0 Å². The molecule has 0 radical (unpaired) electrons. The first kappa shape index (κ1) is 32.1. The van der Waals surface area contributed by atoms with Crippen LogP contribution in [-0.2, 0) is 0 Å². The topological polar surface area (TPSA) is 80.1 Å². The molecule has 2 aliphatic carbocycles. The zero-order chi connectivity index (χ0) is 31.6. The van der Waals surface area contributed by atoms with Gasteiger partial charge in [0, 0.05) is 24.3 Å². The van der Waals surface area contributed by atoms with Gasteiger partial charge < -0.3 is 10.6 Å². The number of carbonyl (C=O) groups excluding carboxylic acids is 1. The fraction of sp³-hybridized carbons (Fsp3) is 0.658. The molecule has 8 nitrogen and oxygen atoms in total. The maximum Gasteiger partial charge on any atom is 0.262 e. The number of anilines is 2. The number of hydrogen-bond donors (Lipinski definition) is 3. The van der Waals surface area contributed by atoms with Crippen molar-refractivity contribution in [3.05, 3.63) is 59.2 Å². The van der Waals surface area contributed by atoms with E-state index in [0.717, 1.165) is 47.9 Å². The fourth-order valence-corrected chi connectivity index (χ4v) is 9.41. The van der Waals surface area contributed by atoms with Crippen molar-refractivity contribution in [3.63, 3.8) is 0 Å². The molecular formula is C38H57N7O. The van der Waals surface area contributed by atoms with Crippen LogP contribution in [0.2, 0.25) is 0 Å². The van der Waals surface area contributed by atoms with Gasteiger partial charge in [-0.05, 0) is 62.8 Å². The van der Waals surface area contributed by atoms with Gasteiger partial charge in [0.25, 0.3) is 5.91 Å². The highest BCUT2D eigenvalue weighted by molar-refractivity contribution is 6.13. The molecule has 1 amide bonds. The van der Waals surface area contributed by atoms with E-state index >= 15 is 0 Å². The van der Waals surface area contributed by atoms with Crippen molar-refractivity contribution in [2.24, 2.45) is 5.73 Å². The van der Waals surface area contributed by atoms with Crippen LogP contribution in [0.1, 0.15) is 111 Å². The van der Waals surface area contributed by atoms with Crippen LogP contribution in [0.25, 0.3) is 0 Å². The van der Waals surface area contributed by atoms with Gasteiger partial charge in [0.2, 0.25) is 0 Å². The highest BCUT2D eigenvalue weighted by Gasteiger charge is 2.50. The molecule has 4 N–H and O–H groups in total. The summed E-state index contributed by atoms with van der Waals surface area (Å²) in [6.45, 7) is 6.64. The van der Waals surface area contributed by atoms with Gasteiger partial charge in [0.1, 0.15) is 6.17 Å². The van der Waals surface area contributed by atoms with Crippen LogP contribution in [0.15, 0.2) is 42.5 Å². The molecule has 8 heteroatoms. The minimum atomic E-state index is -0.113. The Kier molecular flexibility index (Phi) is 9.99. The number of carbonyl (C=O) groups is 1. The predicted octanol–water partition coefficient (Wildman–Crippen LogP) is 6.03. The minimum Gasteiger partial charge on any atom is -0.346 e. The van der Waals surface area contributed by atoms with E-state index in [2.05, 4.69) is 86.5 Å². The van der Waals surface area contributed by atoms with Gasteiger partial charge in [-0.2, -0.15) is 0 Å². The summed E-state index contributed by atoms with van der Waals surface area (Å²) >= 11 is 0. The van der Waals surface area contributed by atoms with Crippen molar-refractivity contribution in [2.45, 2.75) is 140 Å². The van der Waals surface area contributed by atoms with Gasteiger partial charge in [-0.15, -0.1) is 0 Å². The number of para-hydroxylation sites is 1. The van der Waals surface area contributed by atoms with Crippen molar-refractivity contribution < 1.29 is 4.79 Å². The maximum absolute atomic E-state index is 14.9. The molecule has 2 saturated carbocycles. The number of rotatable bonds is 5. The smallest absolute Gasteiger partial charge is 0.262 e. The highest BCUT2D eigenvalue weighted by Crippen LogP contribution is 2.41. The van der Waals surface area contributed by atoms with Gasteiger partial charge in [0.05, 0.1) is 43.0 Å². The van der Waals surface area contributed by atoms with Gasteiger partial charge in [-0.1, -0.05) is 94.5 Å². The maximum atomic E-state index is 14.9. The molecule has 5 aliphatic rings. The monoisotopic (exact) mass is 627 g/mol. The second kappa shape index (κ2) is 14.3. The third-order valence-electron chi connectivity index (χ3n) is 11.8. The molecular weight excluding hydrogens is 570 g/mol. The first-order chi connectivity index (χ1) is 22.5. The largest absolute Gasteiger partial charge is 0.346 e. The lowest BCUT2D eigenvalue weighted by Gasteiger charge is -2.53. The lowest BCUT2D eigenvalue weighted by atomic mass is 9.91. The average Bonchev–Trinajstić information content (AvgIpc) is 3.44. The Labute approximate surface area is 277 Å². The van der Waals surface area contributed by atoms with Crippen molar-refractivity contribution in [2.75, 3.05) is 29.7 Å². The van der Waals surface area contributed by atoms with Crippen LogP contribution in [0.3, 0.4) is 0 Å². The predicted molar refractivity (Wildman–Crippen MR) is 188 cm³/mol. The van der Waals surface area contributed by atoms with E-state index in [4.69, 9.17) is 5.73 Å². The number of hydrogen-bond acceptors (Lipinski definition) is 7. The van der Waals surface area contributed by atoms with E-state index in [9.17, 15) is 4.79 Å². The summed E-state index contributed by atoms with van der Waals surface area (Å²) in [7, 11) is 0. The molecule has 0 aromatic heterocycles. The molecule has 3 aliphatic heterocycles. The van der Waals surface area contributed by atoms with Crippen molar-refractivity contribution in [1.82, 2.24) is 20.4 Å². The summed E-state index contributed by atoms with van der Waals surface area (Å²) in [5.41, 5.74) is 12.0. The first-order valence-electron chi connectivity index (χ1n) is 18.5. The molecule has 250 valence electrons. The average molecular weight is 628 g/mol. The summed E-state index contributed by atoms with van der Waals surface area (Å²) in [5.74, 6) is 0.136. The Morgan fingerprint density at radius 1 is 0.717 bits per heavy atom. The molecule has 4 fully saturated rings. The zero-order valence-corrected chi connectivity index (χ0v) is 28.3. The van der Waals surface area contributed by atoms with E-state index < -0.39 is 0 Å². The Morgan fingerprint density at radius 3 is 2.02 bits per heavy atom. The van der Waals surface area contributed by atoms with Gasteiger partial charge in [-0.3, -0.25) is 30.1 Å². The summed E-state index contributed by atoms with van der Waals surface area (Å²) in [6, 6.07) is 16.1. The van der Waals surface area contributed by atoms with E-state index in [-0.39, 0.29) is 30.4 Å². The van der Waals surface area contributed by atoms with E-state index in [1.807, 2.05) is 0 Å². The summed E-state index contributed by atoms with van der Waals surface area (Å²) in [5, 5.41) is 7.48. The molecule has 7 rings (SSSR count). The Hall–Kier alpha value is -2.49. The number of nitrogens with two attached hydrogens (primary N) is 1. The van der Waals surface area contributed by atoms with Crippen molar-refractivity contribution >= 4 is 17.3 Å². The van der Waals surface area contributed by atoms with Gasteiger partial charge in [-0.25, -0.2) is 0 Å². The molecule has 0 spiro atoms. The van der Waals surface area contributed by atoms with E-state index in [0.29, 0.717) is 12.1 Å². The Morgan fingerprint density at radius 2 is 1.33 bits per heavy atom. The van der Waals surface area contributed by atoms with Crippen LogP contribution >= 0.6 is 0 Å². The lowest BCUT2D eigenvalue weighted by Crippen LogP contribution is -2.71. The summed E-state index contributed by atoms with van der Waals surface area (Å²) in [6.07, 6.45) is 18.0. The SMILES string of the molecule is Cc1ccccc1N1C(=O)c2c(C)cccc2N(C2CCCCCCC2)C1CN1CNC2C(N)NCN(C3CCCCCCC3)C21. The molecule has 2 aromatic rings. The van der Waals surface area contributed by atoms with E-state index in [1.165, 1.54) is 89.9 Å². The molecule has 2 aromatic carbocycles. The number of aryl methyl sites for hydroxylation is 2. The number of fused-ring (bicyclic) bond motifs is 2. The number of benzene rings is 2. The lowest BCUT2D eigenvalue weighted by molar-refractivity contribution is -0.0217. The quantitative estimate of drug-likeness (QED) is 0.374. The molecule has 0 bridgehead atoms. The molecule has 2 saturated heterocycles. The van der Waals surface area contributed by atoms with Gasteiger partial charge >= 0.3 is 0 Å². The van der Waals surface area contributed by atoms with Crippen LogP contribution in [-0.4, -0.2) is 72.2 Å². The second-order valence-corrected chi connectivity index (χ2v) is 14.8. The zero-order valence-electron chi connectivity index (χ0n) is 28.3. The van der Waals surface area contributed by atoms with Crippen LogP contribution in [0.4, 0.5) is 11.4 Å². The van der Waals surface area contributed by atoms with Crippen LogP contribution in [0.5, 0.6) is 0 Å². The Bertz CT molecular complexity index is 1330. The molecule has 4 unspecified atom stereocenters. The summed E-state index contributed by atoms with van der Waals surface area (Å²) < 4.78 is 0. The Balaban J connectivity index is 1.30. The number of nitrogens with zero attached hydrogens (tertiary/aromatic N) is 4. The fourth-order valence-electron chi connectivity index (χ4n) is 9.41. The third kappa shape index (κ3) is 6.24. The molecule has 46 heavy (non-hydrogen) atoms.